The van der Waals surface area contributed by atoms with Gasteiger partial charge in [0.15, 0.2) is 6.54 Å². The number of carbonyl (C=O) groups excluding carboxylic acids is 1. The van der Waals surface area contributed by atoms with Gasteiger partial charge in [-0.3, -0.25) is 4.79 Å². The van der Waals surface area contributed by atoms with Crippen LogP contribution in [0.2, 0.25) is 0 Å². The van der Waals surface area contributed by atoms with Crippen LogP contribution in [0.25, 0.3) is 10.4 Å². The highest BCUT2D eigenvalue weighted by atomic mass is 32.1. The topological polar surface area (TPSA) is 50.9 Å². The van der Waals surface area contributed by atoms with Gasteiger partial charge in [0.05, 0.1) is 10.6 Å². The first-order valence-electron chi connectivity index (χ1n) is 9.80. The minimum Gasteiger partial charge on any atom is -0.347 e. The Balaban J connectivity index is 1.51. The van der Waals surface area contributed by atoms with Crippen molar-refractivity contribution in [2.45, 2.75) is 39.8 Å². The molecule has 0 bridgehead atoms. The van der Waals surface area contributed by atoms with E-state index in [9.17, 15) is 4.79 Å². The average molecular weight is 389 g/mol. The van der Waals surface area contributed by atoms with Crippen LogP contribution in [0, 0.1) is 6.92 Å². The highest BCUT2D eigenvalue weighted by molar-refractivity contribution is 7.15. The zero-order valence-electron chi connectivity index (χ0n) is 16.9. The maximum absolute atomic E-state index is 12.1. The highest BCUT2D eigenvalue weighted by Gasteiger charge is 2.27. The molecule has 1 fully saturated rings. The Bertz CT molecular complexity index is 758. The molecule has 5 nitrogen and oxygen atoms in total. The number of amides is 1. The lowest BCUT2D eigenvalue weighted by molar-refractivity contribution is -1.02. The molecule has 0 unspecified atom stereocenters. The SMILES string of the molecule is Cc1nc(C[NH+]2CC[NH+](CC(=O)NC(C)(C)C)CC2)sc1-c1ccccc1. The predicted molar refractivity (Wildman–Crippen MR) is 110 cm³/mol. The van der Waals surface area contributed by atoms with Crippen LogP contribution in [0.1, 0.15) is 31.5 Å². The summed E-state index contributed by atoms with van der Waals surface area (Å²) in [6.07, 6.45) is 0. The molecule has 3 rings (SSSR count). The summed E-state index contributed by atoms with van der Waals surface area (Å²) in [5.74, 6) is 0.156. The molecule has 6 heteroatoms. The Hall–Kier alpha value is -1.76. The summed E-state index contributed by atoms with van der Waals surface area (Å²) in [6, 6.07) is 10.5. The Morgan fingerprint density at radius 3 is 2.37 bits per heavy atom. The summed E-state index contributed by atoms with van der Waals surface area (Å²) >= 11 is 1.82. The van der Waals surface area contributed by atoms with Gasteiger partial charge in [-0.05, 0) is 33.3 Å². The third kappa shape index (κ3) is 5.86. The first-order valence-corrected chi connectivity index (χ1v) is 10.6. The van der Waals surface area contributed by atoms with Crippen molar-refractivity contribution in [1.29, 1.82) is 0 Å². The lowest BCUT2D eigenvalue weighted by atomic mass is 10.1. The minimum atomic E-state index is -0.150. The van der Waals surface area contributed by atoms with Crippen molar-refractivity contribution in [3.8, 4) is 10.4 Å². The van der Waals surface area contributed by atoms with E-state index < -0.39 is 0 Å². The Morgan fingerprint density at radius 1 is 1.11 bits per heavy atom. The number of thiazole rings is 1. The van der Waals surface area contributed by atoms with Crippen LogP contribution in [-0.2, 0) is 11.3 Å². The summed E-state index contributed by atoms with van der Waals surface area (Å²) in [5.41, 5.74) is 2.24. The predicted octanol–water partition coefficient (Wildman–Crippen LogP) is 0.317. The van der Waals surface area contributed by atoms with Crippen molar-refractivity contribution < 1.29 is 14.6 Å². The van der Waals surface area contributed by atoms with Crippen molar-refractivity contribution in [1.82, 2.24) is 10.3 Å². The molecule has 1 saturated heterocycles. The molecule has 1 aliphatic rings. The fourth-order valence-corrected chi connectivity index (χ4v) is 4.74. The Morgan fingerprint density at radius 2 is 1.74 bits per heavy atom. The van der Waals surface area contributed by atoms with E-state index in [1.54, 1.807) is 4.90 Å². The number of quaternary nitrogens is 2. The molecule has 1 amide bonds. The Labute approximate surface area is 166 Å². The number of carbonyl (C=O) groups is 1. The van der Waals surface area contributed by atoms with Gasteiger partial charge in [-0.15, -0.1) is 11.3 Å². The first-order chi connectivity index (χ1) is 12.8. The second kappa shape index (κ2) is 8.50. The normalized spacial score (nSPS) is 20.4. The third-order valence-corrected chi connectivity index (χ3v) is 6.07. The van der Waals surface area contributed by atoms with E-state index in [1.807, 2.05) is 32.1 Å². The zero-order valence-corrected chi connectivity index (χ0v) is 17.7. The lowest BCUT2D eigenvalue weighted by Gasteiger charge is -2.29. The van der Waals surface area contributed by atoms with Gasteiger partial charge >= 0.3 is 0 Å². The molecule has 1 aromatic carbocycles. The van der Waals surface area contributed by atoms with Crippen molar-refractivity contribution in [2.75, 3.05) is 32.7 Å². The molecule has 2 aromatic rings. The highest BCUT2D eigenvalue weighted by Crippen LogP contribution is 2.29. The minimum absolute atomic E-state index is 0.150. The van der Waals surface area contributed by atoms with Crippen molar-refractivity contribution >= 4 is 17.2 Å². The molecule has 1 aliphatic heterocycles. The van der Waals surface area contributed by atoms with Crippen LogP contribution in [0.3, 0.4) is 0 Å². The van der Waals surface area contributed by atoms with Gasteiger partial charge in [-0.25, -0.2) is 4.98 Å². The molecular weight excluding hydrogens is 356 g/mol. The van der Waals surface area contributed by atoms with E-state index in [1.165, 1.54) is 20.3 Å². The molecule has 1 aromatic heterocycles. The summed E-state index contributed by atoms with van der Waals surface area (Å²) in [7, 11) is 0. The molecular formula is C21H32N4OS+2. The molecule has 27 heavy (non-hydrogen) atoms. The van der Waals surface area contributed by atoms with E-state index in [0.717, 1.165) is 38.4 Å². The van der Waals surface area contributed by atoms with E-state index in [0.29, 0.717) is 6.54 Å². The summed E-state index contributed by atoms with van der Waals surface area (Å²) in [5, 5.41) is 4.28. The van der Waals surface area contributed by atoms with E-state index in [2.05, 4.69) is 42.6 Å². The van der Waals surface area contributed by atoms with Gasteiger partial charge in [0.1, 0.15) is 37.7 Å². The average Bonchev–Trinajstić information content (AvgIpc) is 2.96. The summed E-state index contributed by atoms with van der Waals surface area (Å²) in [4.78, 5) is 21.2. The number of rotatable bonds is 5. The fraction of sp³-hybridized carbons (Fsp3) is 0.524. The van der Waals surface area contributed by atoms with Crippen molar-refractivity contribution in [2.24, 2.45) is 0 Å². The number of aryl methyl sites for hydroxylation is 1. The zero-order chi connectivity index (χ0) is 19.4. The van der Waals surface area contributed by atoms with E-state index >= 15 is 0 Å². The largest absolute Gasteiger partial charge is 0.347 e. The molecule has 146 valence electrons. The smallest absolute Gasteiger partial charge is 0.275 e. The van der Waals surface area contributed by atoms with E-state index in [4.69, 9.17) is 4.98 Å². The first kappa shape index (κ1) is 20.0. The number of nitrogens with one attached hydrogen (secondary N) is 3. The van der Waals surface area contributed by atoms with Crippen LogP contribution in [0.4, 0.5) is 0 Å². The van der Waals surface area contributed by atoms with Gasteiger partial charge in [-0.2, -0.15) is 0 Å². The maximum Gasteiger partial charge on any atom is 0.275 e. The van der Waals surface area contributed by atoms with Gasteiger partial charge in [0.25, 0.3) is 5.91 Å². The molecule has 0 radical (unpaired) electrons. The molecule has 0 atom stereocenters. The van der Waals surface area contributed by atoms with Crippen LogP contribution in [-0.4, -0.2) is 49.2 Å². The van der Waals surface area contributed by atoms with Crippen LogP contribution in [0.5, 0.6) is 0 Å². The van der Waals surface area contributed by atoms with Crippen LogP contribution in [0.15, 0.2) is 30.3 Å². The fourth-order valence-electron chi connectivity index (χ4n) is 3.60. The number of aromatic nitrogens is 1. The van der Waals surface area contributed by atoms with Crippen molar-refractivity contribution in [3.05, 3.63) is 41.0 Å². The van der Waals surface area contributed by atoms with Gasteiger partial charge < -0.3 is 15.1 Å². The molecule has 2 heterocycles. The number of hydrogen-bond donors (Lipinski definition) is 3. The van der Waals surface area contributed by atoms with Crippen LogP contribution < -0.4 is 15.1 Å². The Kier molecular flexibility index (Phi) is 6.29. The van der Waals surface area contributed by atoms with Crippen molar-refractivity contribution in [3.63, 3.8) is 0 Å². The molecule has 3 N–H and O–H groups in total. The van der Waals surface area contributed by atoms with Gasteiger partial charge in [-0.1, -0.05) is 30.3 Å². The molecule has 0 aliphatic carbocycles. The lowest BCUT2D eigenvalue weighted by Crippen LogP contribution is -3.28. The van der Waals surface area contributed by atoms with E-state index in [-0.39, 0.29) is 11.4 Å². The molecule has 0 spiro atoms. The van der Waals surface area contributed by atoms with Crippen LogP contribution >= 0.6 is 11.3 Å². The standard InChI is InChI=1S/C21H30N4OS/c1-16-20(17-8-6-5-7-9-17)27-19(22-16)15-25-12-10-24(11-13-25)14-18(26)23-21(2,3)4/h5-9H,10-15H2,1-4H3,(H,23,26)/p+2. The van der Waals surface area contributed by atoms with Gasteiger partial charge in [0.2, 0.25) is 0 Å². The molecule has 0 saturated carbocycles. The number of piperazine rings is 1. The van der Waals surface area contributed by atoms with Gasteiger partial charge in [0, 0.05) is 5.54 Å². The second-order valence-corrected chi connectivity index (χ2v) is 9.62. The summed E-state index contributed by atoms with van der Waals surface area (Å²) < 4.78 is 0. The maximum atomic E-state index is 12.1. The summed E-state index contributed by atoms with van der Waals surface area (Å²) in [6.45, 7) is 14.0. The number of benzene rings is 1. The number of nitrogens with zero attached hydrogens (tertiary/aromatic N) is 1. The number of hydrogen-bond acceptors (Lipinski definition) is 3. The third-order valence-electron chi connectivity index (χ3n) is 4.87. The second-order valence-electron chi connectivity index (χ2n) is 8.54. The monoisotopic (exact) mass is 388 g/mol. The quantitative estimate of drug-likeness (QED) is 0.691.